The first-order valence-electron chi connectivity index (χ1n) is 6.14. The molecule has 1 aromatic carbocycles. The smallest absolute Gasteiger partial charge is 0.418 e. The highest BCUT2D eigenvalue weighted by Gasteiger charge is 2.29. The summed E-state index contributed by atoms with van der Waals surface area (Å²) in [7, 11) is -4.44. The van der Waals surface area contributed by atoms with E-state index in [9.17, 15) is 18.3 Å². The Bertz CT molecular complexity index is 741. The van der Waals surface area contributed by atoms with E-state index in [1.165, 1.54) is 18.3 Å². The lowest BCUT2D eigenvalue weighted by Crippen LogP contribution is -2.24. The Labute approximate surface area is 126 Å². The summed E-state index contributed by atoms with van der Waals surface area (Å²) in [5, 5.41) is 9.73. The Kier molecular flexibility index (Phi) is 4.93. The largest absolute Gasteiger partial charge is 0.444 e. The normalized spacial score (nSPS) is 12.8. The third-order valence-corrected chi connectivity index (χ3v) is 3.90. The number of aliphatic hydroxyl groups excluding tert-OH is 1. The zero-order valence-electron chi connectivity index (χ0n) is 11.3. The fourth-order valence-electron chi connectivity index (χ4n) is 1.75. The van der Waals surface area contributed by atoms with Crippen LogP contribution < -0.4 is 5.90 Å². The van der Waals surface area contributed by atoms with Gasteiger partial charge in [0.25, 0.3) is 0 Å². The van der Waals surface area contributed by atoms with Gasteiger partial charge in [-0.3, -0.25) is 4.57 Å². The molecule has 1 unspecified atom stereocenters. The summed E-state index contributed by atoms with van der Waals surface area (Å²) in [5.41, 5.74) is -1.57. The van der Waals surface area contributed by atoms with Gasteiger partial charge in [0.2, 0.25) is 5.44 Å². The molecule has 0 amide bonds. The van der Waals surface area contributed by atoms with Gasteiger partial charge in [0, 0.05) is 6.20 Å². The number of rotatable bonds is 5. The van der Waals surface area contributed by atoms with Crippen molar-refractivity contribution in [3.8, 4) is 0 Å². The maximum Gasteiger partial charge on any atom is 0.418 e. The van der Waals surface area contributed by atoms with Crippen molar-refractivity contribution in [1.29, 1.82) is 0 Å². The van der Waals surface area contributed by atoms with E-state index >= 15 is 0 Å². The van der Waals surface area contributed by atoms with Crippen molar-refractivity contribution in [3.63, 3.8) is 0 Å². The van der Waals surface area contributed by atoms with Crippen molar-refractivity contribution in [1.82, 2.24) is 4.57 Å². The highest BCUT2D eigenvalue weighted by molar-refractivity contribution is 7.86. The third kappa shape index (κ3) is 3.52. The fraction of sp³-hybridized carbons (Fsp3) is 0.154. The average Bonchev–Trinajstić information content (AvgIpc) is 3.02. The van der Waals surface area contributed by atoms with Crippen LogP contribution in [0.2, 0.25) is 0 Å². The number of nitrogens with zero attached hydrogens (tertiary/aromatic N) is 1. The molecule has 2 rings (SSSR count). The predicted octanol–water partition coefficient (Wildman–Crippen LogP) is 0.884. The van der Waals surface area contributed by atoms with Crippen molar-refractivity contribution >= 4 is 16.2 Å². The SMILES string of the molecule is NOS(=O)(=O)C(O)c1cccn1C(=O)OCc1ccccc1. The van der Waals surface area contributed by atoms with Crippen molar-refractivity contribution in [2.75, 3.05) is 0 Å². The maximum absolute atomic E-state index is 12.0. The molecule has 0 spiro atoms. The van der Waals surface area contributed by atoms with Gasteiger partial charge < -0.3 is 9.84 Å². The summed E-state index contributed by atoms with van der Waals surface area (Å²) in [6.07, 6.45) is 0.424. The molecule has 0 aliphatic carbocycles. The monoisotopic (exact) mass is 326 g/mol. The quantitative estimate of drug-likeness (QED) is 0.782. The van der Waals surface area contributed by atoms with Crippen LogP contribution in [0.3, 0.4) is 0 Å². The van der Waals surface area contributed by atoms with Crippen LogP contribution in [0.4, 0.5) is 4.79 Å². The first-order chi connectivity index (χ1) is 10.5. The van der Waals surface area contributed by atoms with Crippen molar-refractivity contribution < 1.29 is 27.3 Å². The van der Waals surface area contributed by atoms with Crippen LogP contribution in [0.1, 0.15) is 16.7 Å². The lowest BCUT2D eigenvalue weighted by atomic mass is 10.2. The number of carbonyl (C=O) groups is 1. The molecule has 2 aromatic rings. The van der Waals surface area contributed by atoms with Crippen LogP contribution in [-0.2, 0) is 25.7 Å². The van der Waals surface area contributed by atoms with Crippen LogP contribution in [0.15, 0.2) is 48.7 Å². The van der Waals surface area contributed by atoms with E-state index in [1.807, 2.05) is 6.07 Å². The molecule has 8 nitrogen and oxygen atoms in total. The second-order valence-electron chi connectivity index (χ2n) is 4.28. The van der Waals surface area contributed by atoms with Gasteiger partial charge in [-0.1, -0.05) is 30.3 Å². The Morgan fingerprint density at radius 3 is 2.55 bits per heavy atom. The van der Waals surface area contributed by atoms with Gasteiger partial charge in [-0.25, -0.2) is 4.79 Å². The van der Waals surface area contributed by atoms with E-state index in [2.05, 4.69) is 10.2 Å². The lowest BCUT2D eigenvalue weighted by Gasteiger charge is -2.13. The van der Waals surface area contributed by atoms with Crippen LogP contribution in [0.25, 0.3) is 0 Å². The Hall–Kier alpha value is -2.20. The molecule has 1 aromatic heterocycles. The number of hydrogen-bond donors (Lipinski definition) is 2. The topological polar surface area (TPSA) is 121 Å². The predicted molar refractivity (Wildman–Crippen MR) is 75.6 cm³/mol. The second kappa shape index (κ2) is 6.71. The first kappa shape index (κ1) is 16.2. The van der Waals surface area contributed by atoms with Gasteiger partial charge in [-0.2, -0.15) is 18.6 Å². The van der Waals surface area contributed by atoms with Gasteiger partial charge in [0.1, 0.15) is 6.61 Å². The number of aliphatic hydroxyl groups is 1. The molecule has 0 aliphatic rings. The highest BCUT2D eigenvalue weighted by Crippen LogP contribution is 2.21. The second-order valence-corrected chi connectivity index (χ2v) is 5.91. The van der Waals surface area contributed by atoms with Gasteiger partial charge in [-0.15, -0.1) is 0 Å². The Morgan fingerprint density at radius 2 is 1.91 bits per heavy atom. The van der Waals surface area contributed by atoms with Gasteiger partial charge in [-0.05, 0) is 17.7 Å². The number of nitrogens with two attached hydrogens (primary N) is 1. The molecule has 9 heteroatoms. The minimum absolute atomic E-state index is 0.00747. The number of ether oxygens (including phenoxy) is 1. The maximum atomic E-state index is 12.0. The third-order valence-electron chi connectivity index (χ3n) is 2.84. The summed E-state index contributed by atoms with van der Waals surface area (Å²) in [6.45, 7) is 0.00747. The van der Waals surface area contributed by atoms with E-state index in [-0.39, 0.29) is 12.3 Å². The summed E-state index contributed by atoms with van der Waals surface area (Å²) in [4.78, 5) is 12.0. The molecule has 0 fully saturated rings. The van der Waals surface area contributed by atoms with E-state index < -0.39 is 21.6 Å². The fourth-order valence-corrected chi connectivity index (χ4v) is 2.34. The lowest BCUT2D eigenvalue weighted by molar-refractivity contribution is 0.137. The molecule has 3 N–H and O–H groups in total. The molecule has 0 radical (unpaired) electrons. The molecular weight excluding hydrogens is 312 g/mol. The van der Waals surface area contributed by atoms with Crippen molar-refractivity contribution in [2.24, 2.45) is 5.90 Å². The van der Waals surface area contributed by atoms with Gasteiger partial charge in [0.05, 0.1) is 5.69 Å². The van der Waals surface area contributed by atoms with E-state index in [0.717, 1.165) is 10.1 Å². The molecule has 0 saturated carbocycles. The number of carbonyl (C=O) groups excluding carboxylic acids is 1. The summed E-state index contributed by atoms with van der Waals surface area (Å²) in [5.74, 6) is 4.60. The minimum atomic E-state index is -4.44. The summed E-state index contributed by atoms with van der Waals surface area (Å²) >= 11 is 0. The molecular formula is C13H14N2O6S. The van der Waals surface area contributed by atoms with Crippen LogP contribution in [-0.4, -0.2) is 24.2 Å². The molecule has 22 heavy (non-hydrogen) atoms. The van der Waals surface area contributed by atoms with Gasteiger partial charge >= 0.3 is 16.2 Å². The molecule has 0 aliphatic heterocycles. The van der Waals surface area contributed by atoms with E-state index in [0.29, 0.717) is 0 Å². The number of aromatic nitrogens is 1. The molecule has 1 atom stereocenters. The van der Waals surface area contributed by atoms with Gasteiger partial charge in [0.15, 0.2) is 0 Å². The molecule has 0 saturated heterocycles. The van der Waals surface area contributed by atoms with Crippen LogP contribution >= 0.6 is 0 Å². The highest BCUT2D eigenvalue weighted by atomic mass is 32.2. The van der Waals surface area contributed by atoms with Crippen LogP contribution in [0, 0.1) is 0 Å². The zero-order chi connectivity index (χ0) is 16.2. The summed E-state index contributed by atoms with van der Waals surface area (Å²) < 4.78 is 32.4. The number of hydrogen-bond acceptors (Lipinski definition) is 7. The Morgan fingerprint density at radius 1 is 1.23 bits per heavy atom. The zero-order valence-corrected chi connectivity index (χ0v) is 12.1. The van der Waals surface area contributed by atoms with E-state index in [1.54, 1.807) is 24.3 Å². The van der Waals surface area contributed by atoms with Crippen LogP contribution in [0.5, 0.6) is 0 Å². The molecule has 118 valence electrons. The Balaban J connectivity index is 2.13. The average molecular weight is 326 g/mol. The standard InChI is InChI=1S/C13H14N2O6S/c14-21-22(18,19)12(16)11-7-4-8-15(11)13(17)20-9-10-5-2-1-3-6-10/h1-8,12,16H,9,14H2. The van der Waals surface area contributed by atoms with E-state index in [4.69, 9.17) is 4.74 Å². The van der Waals surface area contributed by atoms with Crippen molar-refractivity contribution in [3.05, 3.63) is 59.9 Å². The molecule has 0 bridgehead atoms. The first-order valence-corrected chi connectivity index (χ1v) is 7.61. The number of benzene rings is 1. The minimum Gasteiger partial charge on any atom is -0.444 e. The van der Waals surface area contributed by atoms with Crippen molar-refractivity contribution in [2.45, 2.75) is 12.0 Å². The summed E-state index contributed by atoms with van der Waals surface area (Å²) in [6, 6.07) is 11.6. The molecule has 1 heterocycles.